The van der Waals surface area contributed by atoms with Crippen LogP contribution in [-0.2, 0) is 32.7 Å². The van der Waals surface area contributed by atoms with Crippen molar-refractivity contribution >= 4 is 19.8 Å². The Kier molecular flexibility index (Phi) is 39.3. The minimum Gasteiger partial charge on any atom is -0.462 e. The molecule has 1 unspecified atom stereocenters. The molecule has 0 spiro atoms. The second-order valence-electron chi connectivity index (χ2n) is 17.5. The van der Waals surface area contributed by atoms with E-state index in [1.54, 1.807) is 0 Å². The lowest BCUT2D eigenvalue weighted by molar-refractivity contribution is -0.870. The Morgan fingerprint density at radius 2 is 0.895 bits per heavy atom. The smallest absolute Gasteiger partial charge is 0.462 e. The van der Waals surface area contributed by atoms with E-state index in [2.05, 4.69) is 26.0 Å². The van der Waals surface area contributed by atoms with Gasteiger partial charge in [-0.3, -0.25) is 18.6 Å². The molecule has 0 saturated carbocycles. The zero-order valence-corrected chi connectivity index (χ0v) is 39.0. The molecular weight excluding hydrogens is 737 g/mol. The number of nitrogens with zero attached hydrogens (tertiary/aromatic N) is 1. The van der Waals surface area contributed by atoms with Crippen molar-refractivity contribution < 1.29 is 42.1 Å². The first-order valence-corrected chi connectivity index (χ1v) is 25.4. The highest BCUT2D eigenvalue weighted by molar-refractivity contribution is 7.47. The minimum absolute atomic E-state index is 0.0344. The molecule has 0 aliphatic carbocycles. The largest absolute Gasteiger partial charge is 0.472 e. The van der Waals surface area contributed by atoms with Crippen molar-refractivity contribution in [3.8, 4) is 0 Å². The Bertz CT molecular complexity index is 985. The molecule has 0 heterocycles. The van der Waals surface area contributed by atoms with E-state index in [9.17, 15) is 19.0 Å². The molecule has 57 heavy (non-hydrogen) atoms. The van der Waals surface area contributed by atoms with Crippen LogP contribution in [0.25, 0.3) is 0 Å². The number of ether oxygens (including phenoxy) is 2. The van der Waals surface area contributed by atoms with E-state index in [1.165, 1.54) is 161 Å². The van der Waals surface area contributed by atoms with Gasteiger partial charge in [0.15, 0.2) is 6.10 Å². The van der Waals surface area contributed by atoms with Crippen LogP contribution in [0.15, 0.2) is 12.2 Å². The molecule has 0 aliphatic rings. The summed E-state index contributed by atoms with van der Waals surface area (Å²) in [6, 6.07) is 0. The third-order valence-corrected chi connectivity index (χ3v) is 11.5. The van der Waals surface area contributed by atoms with Crippen LogP contribution in [0.2, 0.25) is 0 Å². The lowest BCUT2D eigenvalue weighted by Crippen LogP contribution is -2.37. The molecule has 0 fully saturated rings. The van der Waals surface area contributed by atoms with Gasteiger partial charge in [0.1, 0.15) is 19.8 Å². The molecule has 1 N–H and O–H groups in total. The number of allylic oxidation sites excluding steroid dienone is 2. The van der Waals surface area contributed by atoms with Gasteiger partial charge in [0.05, 0.1) is 27.7 Å². The molecule has 0 amide bonds. The van der Waals surface area contributed by atoms with E-state index < -0.39 is 26.5 Å². The predicted octanol–water partition coefficient (Wildman–Crippen LogP) is 13.8. The zero-order chi connectivity index (χ0) is 42.1. The summed E-state index contributed by atoms with van der Waals surface area (Å²) in [6.07, 6.45) is 42.5. The molecule has 0 aromatic carbocycles. The summed E-state index contributed by atoms with van der Waals surface area (Å²) < 4.78 is 34.4. The first-order valence-electron chi connectivity index (χ1n) is 23.9. The van der Waals surface area contributed by atoms with Crippen molar-refractivity contribution in [2.45, 2.75) is 232 Å². The van der Waals surface area contributed by atoms with E-state index in [4.69, 9.17) is 18.5 Å². The predicted molar refractivity (Wildman–Crippen MR) is 238 cm³/mol. The van der Waals surface area contributed by atoms with E-state index in [-0.39, 0.29) is 32.0 Å². The van der Waals surface area contributed by atoms with Crippen molar-refractivity contribution in [1.82, 2.24) is 0 Å². The van der Waals surface area contributed by atoms with Crippen LogP contribution in [0.3, 0.4) is 0 Å². The number of phosphoric ester groups is 1. The average molecular weight is 831 g/mol. The third kappa shape index (κ3) is 44.1. The molecule has 0 radical (unpaired) electrons. The van der Waals surface area contributed by atoms with Gasteiger partial charge in [-0.1, -0.05) is 187 Å². The van der Waals surface area contributed by atoms with Gasteiger partial charge in [-0.2, -0.15) is 0 Å². The number of rotatable bonds is 44. The second-order valence-corrected chi connectivity index (χ2v) is 19.0. The van der Waals surface area contributed by atoms with E-state index in [0.717, 1.165) is 32.1 Å². The number of hydrogen-bond acceptors (Lipinski definition) is 7. The lowest BCUT2D eigenvalue weighted by Gasteiger charge is -2.24. The van der Waals surface area contributed by atoms with E-state index >= 15 is 0 Å². The van der Waals surface area contributed by atoms with Crippen LogP contribution < -0.4 is 0 Å². The maximum Gasteiger partial charge on any atom is 0.472 e. The number of phosphoric acid groups is 1. The summed E-state index contributed by atoms with van der Waals surface area (Å²) in [5.41, 5.74) is 0. The van der Waals surface area contributed by atoms with Gasteiger partial charge in [0.25, 0.3) is 0 Å². The fraction of sp³-hybridized carbons (Fsp3) is 0.915. The standard InChI is InChI=1S/C47H92NO8P/c1-6-8-10-12-14-16-18-20-22-23-24-26-28-30-32-34-36-38-40-47(50)56-45(44-55-57(51,52)54-42-41-48(3,4)5)43-53-46(49)39-37-35-33-31-29-27-25-21-19-17-15-13-11-9-7-2/h17,19,45H,6-16,18,20-44H2,1-5H3/p+1/b19-17+/t45-/m1/s1. The third-order valence-electron chi connectivity index (χ3n) is 10.5. The van der Waals surface area contributed by atoms with Crippen molar-refractivity contribution in [1.29, 1.82) is 0 Å². The van der Waals surface area contributed by atoms with Gasteiger partial charge in [0.2, 0.25) is 0 Å². The fourth-order valence-corrected chi connectivity index (χ4v) is 7.52. The van der Waals surface area contributed by atoms with Crippen LogP contribution >= 0.6 is 7.82 Å². The maximum atomic E-state index is 12.7. The van der Waals surface area contributed by atoms with Crippen LogP contribution in [0.5, 0.6) is 0 Å². The summed E-state index contributed by atoms with van der Waals surface area (Å²) >= 11 is 0. The Labute approximate surface area is 352 Å². The highest BCUT2D eigenvalue weighted by atomic mass is 31.2. The molecule has 0 saturated heterocycles. The fourth-order valence-electron chi connectivity index (χ4n) is 6.77. The van der Waals surface area contributed by atoms with Crippen LogP contribution in [0.4, 0.5) is 0 Å². The van der Waals surface area contributed by atoms with Gasteiger partial charge < -0.3 is 18.9 Å². The lowest BCUT2D eigenvalue weighted by atomic mass is 10.0. The van der Waals surface area contributed by atoms with Gasteiger partial charge >= 0.3 is 19.8 Å². The van der Waals surface area contributed by atoms with Gasteiger partial charge in [-0.25, -0.2) is 4.57 Å². The Morgan fingerprint density at radius 3 is 1.32 bits per heavy atom. The van der Waals surface area contributed by atoms with E-state index in [1.807, 2.05) is 21.1 Å². The van der Waals surface area contributed by atoms with Crippen molar-refractivity contribution in [2.24, 2.45) is 0 Å². The molecule has 338 valence electrons. The topological polar surface area (TPSA) is 108 Å². The molecule has 0 bridgehead atoms. The maximum absolute atomic E-state index is 12.7. The monoisotopic (exact) mass is 831 g/mol. The Hall–Kier alpha value is -1.25. The zero-order valence-electron chi connectivity index (χ0n) is 38.1. The molecule has 0 aromatic heterocycles. The summed E-state index contributed by atoms with van der Waals surface area (Å²) in [4.78, 5) is 35.4. The Morgan fingerprint density at radius 1 is 0.526 bits per heavy atom. The van der Waals surface area contributed by atoms with Crippen molar-refractivity contribution in [3.05, 3.63) is 12.2 Å². The van der Waals surface area contributed by atoms with Crippen LogP contribution in [0.1, 0.15) is 226 Å². The van der Waals surface area contributed by atoms with Gasteiger partial charge in [-0.15, -0.1) is 0 Å². The SMILES string of the molecule is CCCCCC/C=C/CCCCCCCCCC(=O)OC[C@H](COP(=O)(O)OCC[N+](C)(C)C)OC(=O)CCCCCCCCCCCCCCCCCCCC. The highest BCUT2D eigenvalue weighted by Crippen LogP contribution is 2.43. The molecule has 10 heteroatoms. The molecular formula is C47H93NO8P+. The first kappa shape index (κ1) is 55.8. The molecule has 0 aromatic rings. The number of unbranched alkanes of at least 4 members (excludes halogenated alkanes) is 28. The molecule has 0 aliphatic heterocycles. The number of quaternary nitrogens is 1. The summed E-state index contributed by atoms with van der Waals surface area (Å²) in [5, 5.41) is 0. The van der Waals surface area contributed by atoms with Crippen molar-refractivity contribution in [3.63, 3.8) is 0 Å². The number of likely N-dealkylation sites (N-methyl/N-ethyl adjacent to an activating group) is 1. The average Bonchev–Trinajstić information content (AvgIpc) is 3.16. The normalized spacial score (nSPS) is 13.6. The summed E-state index contributed by atoms with van der Waals surface area (Å²) in [5.74, 6) is -0.791. The number of carbonyl (C=O) groups is 2. The van der Waals surface area contributed by atoms with Crippen molar-refractivity contribution in [2.75, 3.05) is 47.5 Å². The first-order chi connectivity index (χ1) is 27.5. The van der Waals surface area contributed by atoms with Gasteiger partial charge in [-0.05, 0) is 38.5 Å². The van der Waals surface area contributed by atoms with Crippen LogP contribution in [0, 0.1) is 0 Å². The molecule has 2 atom stereocenters. The quantitative estimate of drug-likeness (QED) is 0.0213. The molecule has 0 rings (SSSR count). The number of carbonyl (C=O) groups excluding carboxylic acids is 2. The minimum atomic E-state index is -4.37. The summed E-state index contributed by atoms with van der Waals surface area (Å²) in [7, 11) is 1.49. The molecule has 9 nitrogen and oxygen atoms in total. The summed E-state index contributed by atoms with van der Waals surface area (Å²) in [6.45, 7) is 4.44. The highest BCUT2D eigenvalue weighted by Gasteiger charge is 2.27. The van der Waals surface area contributed by atoms with Gasteiger partial charge in [0, 0.05) is 12.8 Å². The van der Waals surface area contributed by atoms with Crippen LogP contribution in [-0.4, -0.2) is 74.9 Å². The Balaban J connectivity index is 4.27. The van der Waals surface area contributed by atoms with E-state index in [0.29, 0.717) is 17.4 Å². The number of esters is 2. The second kappa shape index (κ2) is 40.2. The number of hydrogen-bond donors (Lipinski definition) is 1.